The molecule has 0 spiro atoms. The Balaban J connectivity index is 2.03. The van der Waals surface area contributed by atoms with Gasteiger partial charge in [-0.15, -0.1) is 0 Å². The molecule has 5 nitrogen and oxygen atoms in total. The molecule has 1 aliphatic rings. The van der Waals surface area contributed by atoms with Crippen LogP contribution in [0.3, 0.4) is 0 Å². The highest BCUT2D eigenvalue weighted by Gasteiger charge is 2.50. The van der Waals surface area contributed by atoms with Crippen molar-refractivity contribution in [3.8, 4) is 0 Å². The van der Waals surface area contributed by atoms with Crippen molar-refractivity contribution in [3.05, 3.63) is 35.9 Å². The fourth-order valence-electron chi connectivity index (χ4n) is 2.52. The summed E-state index contributed by atoms with van der Waals surface area (Å²) in [4.78, 5) is 23.4. The minimum atomic E-state index is -4.69. The smallest absolute Gasteiger partial charge is 0.410 e. The summed E-state index contributed by atoms with van der Waals surface area (Å²) in [6.45, 7) is -0.433. The van der Waals surface area contributed by atoms with Crippen molar-refractivity contribution in [1.82, 2.24) is 4.90 Å². The SMILES string of the molecule is O=C(O)[C@H]1CCN(C(=O)OCc2ccccc2)[C@@H](C(F)(F)F)C1. The second-order valence-corrected chi connectivity index (χ2v) is 5.35. The van der Waals surface area contributed by atoms with Crippen LogP contribution in [0, 0.1) is 5.92 Å². The van der Waals surface area contributed by atoms with Gasteiger partial charge in [0.15, 0.2) is 0 Å². The molecule has 23 heavy (non-hydrogen) atoms. The van der Waals surface area contributed by atoms with E-state index in [0.29, 0.717) is 10.5 Å². The molecular weight excluding hydrogens is 315 g/mol. The summed E-state index contributed by atoms with van der Waals surface area (Å²) in [5.74, 6) is -2.39. The summed E-state index contributed by atoms with van der Waals surface area (Å²) >= 11 is 0. The summed E-state index contributed by atoms with van der Waals surface area (Å²) in [7, 11) is 0. The van der Waals surface area contributed by atoms with E-state index >= 15 is 0 Å². The number of carbonyl (C=O) groups excluding carboxylic acids is 1. The topological polar surface area (TPSA) is 66.8 Å². The van der Waals surface area contributed by atoms with Crippen LogP contribution >= 0.6 is 0 Å². The number of nitrogens with zero attached hydrogens (tertiary/aromatic N) is 1. The molecular formula is C15H16F3NO4. The van der Waals surface area contributed by atoms with E-state index in [9.17, 15) is 22.8 Å². The van der Waals surface area contributed by atoms with Crippen LogP contribution < -0.4 is 0 Å². The molecule has 2 atom stereocenters. The Morgan fingerprint density at radius 1 is 1.26 bits per heavy atom. The number of alkyl halides is 3. The van der Waals surface area contributed by atoms with E-state index in [2.05, 4.69) is 0 Å². The highest BCUT2D eigenvalue weighted by Crippen LogP contribution is 2.35. The summed E-state index contributed by atoms with van der Waals surface area (Å²) < 4.78 is 44.3. The number of piperidine rings is 1. The van der Waals surface area contributed by atoms with Gasteiger partial charge in [0.1, 0.15) is 12.6 Å². The molecule has 0 saturated carbocycles. The van der Waals surface area contributed by atoms with E-state index in [1.807, 2.05) is 0 Å². The van der Waals surface area contributed by atoms with E-state index in [-0.39, 0.29) is 19.6 Å². The first-order chi connectivity index (χ1) is 10.8. The largest absolute Gasteiger partial charge is 0.481 e. The molecule has 0 aliphatic carbocycles. The standard InChI is InChI=1S/C15H16F3NO4/c16-15(17,18)12-8-11(13(20)21)6-7-19(12)14(22)23-9-10-4-2-1-3-5-10/h1-5,11-12H,6-9H2,(H,20,21)/t11-,12+/m0/s1. The van der Waals surface area contributed by atoms with Gasteiger partial charge in [0, 0.05) is 6.54 Å². The van der Waals surface area contributed by atoms with Crippen LogP contribution in [-0.4, -0.2) is 40.8 Å². The maximum absolute atomic E-state index is 13.1. The zero-order chi connectivity index (χ0) is 17.0. The van der Waals surface area contributed by atoms with Crippen LogP contribution in [-0.2, 0) is 16.1 Å². The van der Waals surface area contributed by atoms with Crippen molar-refractivity contribution in [2.45, 2.75) is 31.7 Å². The number of benzene rings is 1. The molecule has 0 aromatic heterocycles. The molecule has 2 rings (SSSR count). The lowest BCUT2D eigenvalue weighted by Crippen LogP contribution is -2.54. The van der Waals surface area contributed by atoms with E-state index in [1.165, 1.54) is 0 Å². The second kappa shape index (κ2) is 6.89. The molecule has 0 radical (unpaired) electrons. The molecule has 126 valence electrons. The Labute approximate surface area is 130 Å². The Morgan fingerprint density at radius 3 is 2.48 bits per heavy atom. The molecule has 1 fully saturated rings. The third kappa shape index (κ3) is 4.37. The predicted octanol–water partition coefficient (Wildman–Crippen LogP) is 3.05. The lowest BCUT2D eigenvalue weighted by molar-refractivity contribution is -0.192. The Hall–Kier alpha value is -2.25. The highest BCUT2D eigenvalue weighted by molar-refractivity contribution is 5.72. The van der Waals surface area contributed by atoms with Gasteiger partial charge in [-0.05, 0) is 18.4 Å². The van der Waals surface area contributed by atoms with Crippen LogP contribution in [0.15, 0.2) is 30.3 Å². The maximum Gasteiger partial charge on any atom is 0.410 e. The molecule has 1 N–H and O–H groups in total. The lowest BCUT2D eigenvalue weighted by Gasteiger charge is -2.38. The molecule has 0 bridgehead atoms. The number of likely N-dealkylation sites (tertiary alicyclic amines) is 1. The van der Waals surface area contributed by atoms with Crippen LogP contribution in [0.1, 0.15) is 18.4 Å². The number of carbonyl (C=O) groups is 2. The monoisotopic (exact) mass is 331 g/mol. The fourth-order valence-corrected chi connectivity index (χ4v) is 2.52. The van der Waals surface area contributed by atoms with E-state index in [1.54, 1.807) is 30.3 Å². The van der Waals surface area contributed by atoms with Crippen LogP contribution in [0.25, 0.3) is 0 Å². The number of halogens is 3. The second-order valence-electron chi connectivity index (χ2n) is 5.35. The van der Waals surface area contributed by atoms with Gasteiger partial charge in [0.2, 0.25) is 0 Å². The molecule has 1 amide bonds. The molecule has 0 unspecified atom stereocenters. The van der Waals surface area contributed by atoms with Crippen molar-refractivity contribution >= 4 is 12.1 Å². The minimum absolute atomic E-state index is 0.0254. The van der Waals surface area contributed by atoms with Crippen LogP contribution in [0.4, 0.5) is 18.0 Å². The number of ether oxygens (including phenoxy) is 1. The summed E-state index contributed by atoms with van der Waals surface area (Å²) in [5, 5.41) is 8.90. The first-order valence-corrected chi connectivity index (χ1v) is 7.06. The first kappa shape index (κ1) is 17.1. The third-order valence-corrected chi connectivity index (χ3v) is 3.77. The van der Waals surface area contributed by atoms with Crippen molar-refractivity contribution in [2.24, 2.45) is 5.92 Å². The van der Waals surface area contributed by atoms with Crippen molar-refractivity contribution in [1.29, 1.82) is 0 Å². The van der Waals surface area contributed by atoms with Crippen LogP contribution in [0.5, 0.6) is 0 Å². The van der Waals surface area contributed by atoms with Gasteiger partial charge in [-0.25, -0.2) is 4.79 Å². The van der Waals surface area contributed by atoms with Gasteiger partial charge in [0.05, 0.1) is 5.92 Å². The number of carboxylic acid groups (broad SMARTS) is 1. The lowest BCUT2D eigenvalue weighted by atomic mass is 9.91. The summed E-state index contributed by atoms with van der Waals surface area (Å²) in [6.07, 6.45) is -6.46. The number of hydrogen-bond acceptors (Lipinski definition) is 3. The number of rotatable bonds is 3. The van der Waals surface area contributed by atoms with Gasteiger partial charge in [-0.3, -0.25) is 9.69 Å². The molecule has 1 aliphatic heterocycles. The van der Waals surface area contributed by atoms with Gasteiger partial charge in [-0.1, -0.05) is 30.3 Å². The zero-order valence-corrected chi connectivity index (χ0v) is 12.1. The first-order valence-electron chi connectivity index (χ1n) is 7.06. The van der Waals surface area contributed by atoms with Gasteiger partial charge in [-0.2, -0.15) is 13.2 Å². The average Bonchev–Trinajstić information content (AvgIpc) is 2.52. The normalized spacial score (nSPS) is 21.8. The summed E-state index contributed by atoms with van der Waals surface area (Å²) in [5.41, 5.74) is 0.657. The Bertz CT molecular complexity index is 562. The number of amides is 1. The molecule has 1 saturated heterocycles. The number of aliphatic carboxylic acids is 1. The van der Waals surface area contributed by atoms with E-state index < -0.39 is 36.6 Å². The van der Waals surface area contributed by atoms with Crippen LogP contribution in [0.2, 0.25) is 0 Å². The maximum atomic E-state index is 13.1. The number of hydrogen-bond donors (Lipinski definition) is 1. The Morgan fingerprint density at radius 2 is 1.91 bits per heavy atom. The van der Waals surface area contributed by atoms with E-state index in [4.69, 9.17) is 9.84 Å². The molecule has 8 heteroatoms. The average molecular weight is 331 g/mol. The fraction of sp³-hybridized carbons (Fsp3) is 0.467. The van der Waals surface area contributed by atoms with Crippen molar-refractivity contribution in [2.75, 3.05) is 6.54 Å². The van der Waals surface area contributed by atoms with Crippen molar-refractivity contribution < 1.29 is 32.6 Å². The predicted molar refractivity (Wildman–Crippen MR) is 73.5 cm³/mol. The van der Waals surface area contributed by atoms with Gasteiger partial charge < -0.3 is 9.84 Å². The quantitative estimate of drug-likeness (QED) is 0.924. The molecule has 1 aromatic rings. The van der Waals surface area contributed by atoms with Gasteiger partial charge >= 0.3 is 18.2 Å². The third-order valence-electron chi connectivity index (χ3n) is 3.77. The van der Waals surface area contributed by atoms with Gasteiger partial charge in [0.25, 0.3) is 0 Å². The molecule has 1 heterocycles. The highest BCUT2D eigenvalue weighted by atomic mass is 19.4. The zero-order valence-electron chi connectivity index (χ0n) is 12.1. The minimum Gasteiger partial charge on any atom is -0.481 e. The van der Waals surface area contributed by atoms with E-state index in [0.717, 1.165) is 0 Å². The summed E-state index contributed by atoms with van der Waals surface area (Å²) in [6, 6.07) is 6.44. The van der Waals surface area contributed by atoms with Crippen molar-refractivity contribution in [3.63, 3.8) is 0 Å². The number of carboxylic acids is 1. The Kier molecular flexibility index (Phi) is 5.12. The molecule has 1 aromatic carbocycles.